The Balaban J connectivity index is 1.56. The molecule has 28 heavy (non-hydrogen) atoms. The second kappa shape index (κ2) is 7.03. The molecule has 6 nitrogen and oxygen atoms in total. The molecule has 0 spiro atoms. The van der Waals surface area contributed by atoms with E-state index in [2.05, 4.69) is 0 Å². The predicted octanol–water partition coefficient (Wildman–Crippen LogP) is 3.68. The third kappa shape index (κ3) is 3.33. The summed E-state index contributed by atoms with van der Waals surface area (Å²) in [7, 11) is 0. The summed E-state index contributed by atoms with van der Waals surface area (Å²) in [6, 6.07) is 12.3. The van der Waals surface area contributed by atoms with Crippen LogP contribution in [0.3, 0.4) is 0 Å². The molecule has 1 aromatic heterocycles. The minimum Gasteiger partial charge on any atom is -0.482 e. The molecule has 2 heterocycles. The molecule has 0 saturated carbocycles. The fourth-order valence-electron chi connectivity index (χ4n) is 3.21. The molecule has 4 rings (SSSR count). The standard InChI is InChI=1S/C22H20O6/c1-12-8-16-15(10-20(23)27-19(16)9-13(12)2)11-25-22(24)21-14(3)26-17-6-4-5-7-18(17)28-21/h4-10,14,21H,11H2,1-3H3. The molecule has 2 aromatic carbocycles. The van der Waals surface area contributed by atoms with E-state index in [1.807, 2.05) is 32.0 Å². The van der Waals surface area contributed by atoms with Gasteiger partial charge in [0.1, 0.15) is 18.3 Å². The minimum absolute atomic E-state index is 0.0579. The van der Waals surface area contributed by atoms with Crippen LogP contribution in [0.2, 0.25) is 0 Å². The fourth-order valence-corrected chi connectivity index (χ4v) is 3.21. The lowest BCUT2D eigenvalue weighted by Gasteiger charge is -2.30. The molecule has 0 N–H and O–H groups in total. The average Bonchev–Trinajstić information content (AvgIpc) is 2.66. The van der Waals surface area contributed by atoms with Gasteiger partial charge in [0.25, 0.3) is 0 Å². The first-order valence-corrected chi connectivity index (χ1v) is 9.05. The van der Waals surface area contributed by atoms with Gasteiger partial charge in [-0.15, -0.1) is 0 Å². The summed E-state index contributed by atoms with van der Waals surface area (Å²) < 4.78 is 22.2. The number of rotatable bonds is 3. The van der Waals surface area contributed by atoms with Crippen molar-refractivity contribution in [3.8, 4) is 11.5 Å². The highest BCUT2D eigenvalue weighted by Crippen LogP contribution is 2.33. The topological polar surface area (TPSA) is 75.0 Å². The second-order valence-corrected chi connectivity index (χ2v) is 6.94. The fraction of sp³-hybridized carbons (Fsp3) is 0.273. The first kappa shape index (κ1) is 18.1. The van der Waals surface area contributed by atoms with Crippen molar-refractivity contribution >= 4 is 16.9 Å². The van der Waals surface area contributed by atoms with Crippen molar-refractivity contribution in [2.75, 3.05) is 0 Å². The van der Waals surface area contributed by atoms with Crippen LogP contribution in [0.5, 0.6) is 11.5 Å². The van der Waals surface area contributed by atoms with Gasteiger partial charge in [-0.3, -0.25) is 0 Å². The first-order chi connectivity index (χ1) is 13.4. The largest absolute Gasteiger partial charge is 0.482 e. The van der Waals surface area contributed by atoms with Crippen molar-refractivity contribution < 1.29 is 23.4 Å². The number of carbonyl (C=O) groups is 1. The number of hydrogen-bond acceptors (Lipinski definition) is 6. The van der Waals surface area contributed by atoms with Crippen molar-refractivity contribution in [2.45, 2.75) is 39.6 Å². The molecule has 0 fully saturated rings. The van der Waals surface area contributed by atoms with Crippen molar-refractivity contribution in [3.05, 3.63) is 69.6 Å². The van der Waals surface area contributed by atoms with Gasteiger partial charge in [0, 0.05) is 17.0 Å². The summed E-state index contributed by atoms with van der Waals surface area (Å²) in [5.41, 5.74) is 2.66. The number of aryl methyl sites for hydroxylation is 2. The van der Waals surface area contributed by atoms with Gasteiger partial charge in [-0.2, -0.15) is 0 Å². The third-order valence-corrected chi connectivity index (χ3v) is 4.89. The molecule has 0 aliphatic carbocycles. The van der Waals surface area contributed by atoms with E-state index in [0.717, 1.165) is 16.5 Å². The van der Waals surface area contributed by atoms with Crippen LogP contribution in [0.1, 0.15) is 23.6 Å². The van der Waals surface area contributed by atoms with Gasteiger partial charge in [0.2, 0.25) is 6.10 Å². The van der Waals surface area contributed by atoms with Crippen LogP contribution in [-0.4, -0.2) is 18.2 Å². The van der Waals surface area contributed by atoms with Gasteiger partial charge in [-0.05, 0) is 56.2 Å². The molecule has 0 saturated heterocycles. The molecule has 3 aromatic rings. The first-order valence-electron chi connectivity index (χ1n) is 9.05. The number of ether oxygens (including phenoxy) is 3. The zero-order chi connectivity index (χ0) is 19.8. The van der Waals surface area contributed by atoms with Gasteiger partial charge in [-0.1, -0.05) is 12.1 Å². The molecule has 0 bridgehead atoms. The Morgan fingerprint density at radius 1 is 1.04 bits per heavy atom. The summed E-state index contributed by atoms with van der Waals surface area (Å²) in [6.07, 6.45) is -1.38. The van der Waals surface area contributed by atoms with E-state index in [0.29, 0.717) is 22.6 Å². The Labute approximate surface area is 161 Å². The molecule has 1 aliphatic rings. The summed E-state index contributed by atoms with van der Waals surface area (Å²) in [5, 5.41) is 0.745. The zero-order valence-electron chi connectivity index (χ0n) is 15.9. The van der Waals surface area contributed by atoms with Crippen LogP contribution in [0.15, 0.2) is 51.7 Å². The smallest absolute Gasteiger partial charge is 0.351 e. The van der Waals surface area contributed by atoms with Gasteiger partial charge in [0.05, 0.1) is 0 Å². The minimum atomic E-state index is -0.884. The van der Waals surface area contributed by atoms with Crippen molar-refractivity contribution in [3.63, 3.8) is 0 Å². The number of fused-ring (bicyclic) bond motifs is 2. The third-order valence-electron chi connectivity index (χ3n) is 4.89. The highest BCUT2D eigenvalue weighted by Gasteiger charge is 2.35. The van der Waals surface area contributed by atoms with E-state index in [-0.39, 0.29) is 6.61 Å². The van der Waals surface area contributed by atoms with Crippen LogP contribution < -0.4 is 15.1 Å². The highest BCUT2D eigenvalue weighted by atomic mass is 16.6. The Morgan fingerprint density at radius 3 is 2.46 bits per heavy atom. The molecule has 2 atom stereocenters. The van der Waals surface area contributed by atoms with E-state index in [4.69, 9.17) is 18.6 Å². The maximum absolute atomic E-state index is 12.6. The predicted molar refractivity (Wildman–Crippen MR) is 103 cm³/mol. The average molecular weight is 380 g/mol. The van der Waals surface area contributed by atoms with Crippen molar-refractivity contribution in [1.82, 2.24) is 0 Å². The van der Waals surface area contributed by atoms with E-state index < -0.39 is 23.8 Å². The van der Waals surface area contributed by atoms with Crippen LogP contribution in [0.4, 0.5) is 0 Å². The lowest BCUT2D eigenvalue weighted by atomic mass is 10.0. The normalized spacial score (nSPS) is 18.1. The summed E-state index contributed by atoms with van der Waals surface area (Å²) in [5.74, 6) is 0.545. The van der Waals surface area contributed by atoms with E-state index in [1.54, 1.807) is 25.1 Å². The Bertz CT molecular complexity index is 1110. The molecular weight excluding hydrogens is 360 g/mol. The van der Waals surface area contributed by atoms with Crippen LogP contribution >= 0.6 is 0 Å². The maximum Gasteiger partial charge on any atom is 0.351 e. The summed E-state index contributed by atoms with van der Waals surface area (Å²) in [4.78, 5) is 24.5. The monoisotopic (exact) mass is 380 g/mol. The Kier molecular flexibility index (Phi) is 4.55. The van der Waals surface area contributed by atoms with E-state index in [1.165, 1.54) is 6.07 Å². The molecule has 0 radical (unpaired) electrons. The molecule has 6 heteroatoms. The summed E-state index contributed by atoms with van der Waals surface area (Å²) >= 11 is 0. The van der Waals surface area contributed by atoms with Crippen LogP contribution in [-0.2, 0) is 16.1 Å². The Morgan fingerprint density at radius 2 is 1.71 bits per heavy atom. The van der Waals surface area contributed by atoms with Gasteiger partial charge in [-0.25, -0.2) is 9.59 Å². The van der Waals surface area contributed by atoms with Crippen molar-refractivity contribution in [2.24, 2.45) is 0 Å². The number of esters is 1. The lowest BCUT2D eigenvalue weighted by Crippen LogP contribution is -2.44. The van der Waals surface area contributed by atoms with E-state index in [9.17, 15) is 9.59 Å². The lowest BCUT2D eigenvalue weighted by molar-refractivity contribution is -0.159. The molecule has 1 aliphatic heterocycles. The van der Waals surface area contributed by atoms with Crippen LogP contribution in [0.25, 0.3) is 11.0 Å². The second-order valence-electron chi connectivity index (χ2n) is 6.94. The quantitative estimate of drug-likeness (QED) is 0.510. The molecule has 0 amide bonds. The number of carbonyl (C=O) groups excluding carboxylic acids is 1. The maximum atomic E-state index is 12.6. The SMILES string of the molecule is Cc1cc2oc(=O)cc(COC(=O)C3Oc4ccccc4OC3C)c2cc1C. The van der Waals surface area contributed by atoms with Gasteiger partial charge in [0.15, 0.2) is 11.5 Å². The van der Waals surface area contributed by atoms with Gasteiger partial charge < -0.3 is 18.6 Å². The zero-order valence-corrected chi connectivity index (χ0v) is 15.9. The number of hydrogen-bond donors (Lipinski definition) is 0. The molecular formula is C22H20O6. The number of benzene rings is 2. The van der Waals surface area contributed by atoms with E-state index >= 15 is 0 Å². The Hall–Kier alpha value is -3.28. The van der Waals surface area contributed by atoms with Crippen LogP contribution in [0, 0.1) is 13.8 Å². The summed E-state index contributed by atoms with van der Waals surface area (Å²) in [6.45, 7) is 5.61. The number of para-hydroxylation sites is 2. The molecule has 144 valence electrons. The van der Waals surface area contributed by atoms with Gasteiger partial charge >= 0.3 is 11.6 Å². The highest BCUT2D eigenvalue weighted by molar-refractivity contribution is 5.82. The van der Waals surface area contributed by atoms with Crippen molar-refractivity contribution in [1.29, 1.82) is 0 Å². The molecule has 2 unspecified atom stereocenters.